The fourth-order valence-corrected chi connectivity index (χ4v) is 2.78. The molecule has 0 fully saturated rings. The Morgan fingerprint density at radius 1 is 1.05 bits per heavy atom. The maximum absolute atomic E-state index is 12.7. The third-order valence-electron chi connectivity index (χ3n) is 3.76. The fourth-order valence-electron chi connectivity index (χ4n) is 2.78. The lowest BCUT2D eigenvalue weighted by Crippen LogP contribution is -2.23. The number of benzene rings is 2. The van der Waals surface area contributed by atoms with Crippen LogP contribution in [0.2, 0.25) is 0 Å². The molecule has 0 amide bonds. The minimum Gasteiger partial charge on any atom is -0.353 e. The van der Waals surface area contributed by atoms with Crippen LogP contribution in [0.25, 0.3) is 10.9 Å². The SMILES string of the molecule is O=c1c2ccccc2nc2n1C(c1ccccc1)CN2. The highest BCUT2D eigenvalue weighted by Gasteiger charge is 2.26. The standard InChI is InChI=1S/C16H13N3O/c20-15-12-8-4-5-9-13(12)18-16-17-10-14(19(15)16)11-6-2-1-3-7-11/h1-9,14H,10H2,(H,17,18). The predicted octanol–water partition coefficient (Wildman–Crippen LogP) is 2.41. The Balaban J connectivity index is 1.98. The normalized spacial score (nSPS) is 16.9. The molecule has 4 rings (SSSR count). The molecular formula is C16H13N3O. The van der Waals surface area contributed by atoms with Gasteiger partial charge in [-0.25, -0.2) is 4.98 Å². The predicted molar refractivity (Wildman–Crippen MR) is 79.1 cm³/mol. The van der Waals surface area contributed by atoms with E-state index in [9.17, 15) is 4.79 Å². The van der Waals surface area contributed by atoms with Crippen LogP contribution >= 0.6 is 0 Å². The Hall–Kier alpha value is -2.62. The molecule has 0 saturated carbocycles. The minimum atomic E-state index is 0.0100. The smallest absolute Gasteiger partial charge is 0.263 e. The summed E-state index contributed by atoms with van der Waals surface area (Å²) in [6.07, 6.45) is 0. The highest BCUT2D eigenvalue weighted by Crippen LogP contribution is 2.26. The largest absolute Gasteiger partial charge is 0.353 e. The first-order valence-electron chi connectivity index (χ1n) is 6.65. The van der Waals surface area contributed by atoms with E-state index in [0.717, 1.165) is 11.1 Å². The summed E-state index contributed by atoms with van der Waals surface area (Å²) in [4.78, 5) is 17.2. The topological polar surface area (TPSA) is 46.9 Å². The molecule has 0 radical (unpaired) electrons. The van der Waals surface area contributed by atoms with Gasteiger partial charge in [-0.05, 0) is 17.7 Å². The van der Waals surface area contributed by atoms with E-state index in [-0.39, 0.29) is 11.6 Å². The molecule has 0 bridgehead atoms. The first-order chi connectivity index (χ1) is 9.84. The maximum Gasteiger partial charge on any atom is 0.263 e. The van der Waals surface area contributed by atoms with Crippen LogP contribution in [0.5, 0.6) is 0 Å². The van der Waals surface area contributed by atoms with Crippen molar-refractivity contribution < 1.29 is 0 Å². The summed E-state index contributed by atoms with van der Waals surface area (Å²) in [5, 5.41) is 3.90. The Morgan fingerprint density at radius 2 is 1.80 bits per heavy atom. The first kappa shape index (κ1) is 11.2. The van der Waals surface area contributed by atoms with Gasteiger partial charge in [0.05, 0.1) is 16.9 Å². The van der Waals surface area contributed by atoms with Gasteiger partial charge in [0.2, 0.25) is 5.95 Å². The second-order valence-corrected chi connectivity index (χ2v) is 4.94. The number of aromatic nitrogens is 2. The number of para-hydroxylation sites is 1. The molecule has 1 aliphatic rings. The lowest BCUT2D eigenvalue weighted by molar-refractivity contribution is 0.649. The van der Waals surface area contributed by atoms with Crippen molar-refractivity contribution in [3.8, 4) is 0 Å². The van der Waals surface area contributed by atoms with Crippen molar-refractivity contribution in [1.29, 1.82) is 0 Å². The average Bonchev–Trinajstić information content (AvgIpc) is 2.92. The molecule has 0 aliphatic carbocycles. The summed E-state index contributed by atoms with van der Waals surface area (Å²) in [6.45, 7) is 0.697. The third-order valence-corrected chi connectivity index (χ3v) is 3.76. The molecule has 0 spiro atoms. The molecular weight excluding hydrogens is 250 g/mol. The lowest BCUT2D eigenvalue weighted by atomic mass is 10.1. The van der Waals surface area contributed by atoms with Gasteiger partial charge in [-0.3, -0.25) is 9.36 Å². The van der Waals surface area contributed by atoms with E-state index in [2.05, 4.69) is 10.3 Å². The van der Waals surface area contributed by atoms with Gasteiger partial charge < -0.3 is 5.32 Å². The number of nitrogens with zero attached hydrogens (tertiary/aromatic N) is 2. The van der Waals surface area contributed by atoms with E-state index in [4.69, 9.17) is 0 Å². The average molecular weight is 263 g/mol. The molecule has 98 valence electrons. The van der Waals surface area contributed by atoms with E-state index in [0.29, 0.717) is 17.9 Å². The highest BCUT2D eigenvalue weighted by molar-refractivity contribution is 5.79. The quantitative estimate of drug-likeness (QED) is 0.733. The van der Waals surface area contributed by atoms with Gasteiger partial charge in [0.1, 0.15) is 0 Å². The van der Waals surface area contributed by atoms with Crippen molar-refractivity contribution in [2.75, 3.05) is 11.9 Å². The molecule has 2 aromatic carbocycles. The summed E-state index contributed by atoms with van der Waals surface area (Å²) < 4.78 is 1.76. The molecule has 1 N–H and O–H groups in total. The van der Waals surface area contributed by atoms with Crippen LogP contribution in [-0.4, -0.2) is 16.1 Å². The zero-order valence-electron chi connectivity index (χ0n) is 10.8. The second-order valence-electron chi connectivity index (χ2n) is 4.94. The zero-order chi connectivity index (χ0) is 13.5. The summed E-state index contributed by atoms with van der Waals surface area (Å²) in [5.41, 5.74) is 1.88. The van der Waals surface area contributed by atoms with E-state index >= 15 is 0 Å². The summed E-state index contributed by atoms with van der Waals surface area (Å²) in [7, 11) is 0. The molecule has 0 saturated heterocycles. The van der Waals surface area contributed by atoms with Gasteiger partial charge in [-0.2, -0.15) is 0 Å². The van der Waals surface area contributed by atoms with Crippen LogP contribution in [0.1, 0.15) is 11.6 Å². The van der Waals surface area contributed by atoms with E-state index in [1.807, 2.05) is 54.6 Å². The molecule has 3 aromatic rings. The molecule has 2 heterocycles. The van der Waals surface area contributed by atoms with Crippen LogP contribution < -0.4 is 10.9 Å². The molecule has 1 unspecified atom stereocenters. The Morgan fingerprint density at radius 3 is 2.65 bits per heavy atom. The van der Waals surface area contributed by atoms with Gasteiger partial charge in [-0.1, -0.05) is 42.5 Å². The van der Waals surface area contributed by atoms with Crippen LogP contribution in [0.4, 0.5) is 5.95 Å². The zero-order valence-corrected chi connectivity index (χ0v) is 10.8. The maximum atomic E-state index is 12.7. The molecule has 1 atom stereocenters. The van der Waals surface area contributed by atoms with Crippen molar-refractivity contribution in [2.24, 2.45) is 0 Å². The van der Waals surface area contributed by atoms with Crippen LogP contribution in [0.3, 0.4) is 0 Å². The fraction of sp³-hybridized carbons (Fsp3) is 0.125. The monoisotopic (exact) mass is 263 g/mol. The number of hydrogen-bond donors (Lipinski definition) is 1. The molecule has 4 heteroatoms. The van der Waals surface area contributed by atoms with Gasteiger partial charge in [0.15, 0.2) is 0 Å². The molecule has 1 aromatic heterocycles. The summed E-state index contributed by atoms with van der Waals surface area (Å²) in [5.74, 6) is 0.655. The van der Waals surface area contributed by atoms with Crippen molar-refractivity contribution in [1.82, 2.24) is 9.55 Å². The van der Waals surface area contributed by atoms with E-state index in [1.54, 1.807) is 4.57 Å². The van der Waals surface area contributed by atoms with Crippen molar-refractivity contribution in [2.45, 2.75) is 6.04 Å². The van der Waals surface area contributed by atoms with Crippen LogP contribution in [0, 0.1) is 0 Å². The van der Waals surface area contributed by atoms with Gasteiger partial charge >= 0.3 is 0 Å². The van der Waals surface area contributed by atoms with Crippen LogP contribution in [0.15, 0.2) is 59.4 Å². The molecule has 4 nitrogen and oxygen atoms in total. The van der Waals surface area contributed by atoms with Crippen molar-refractivity contribution in [3.05, 3.63) is 70.5 Å². The number of rotatable bonds is 1. The van der Waals surface area contributed by atoms with E-state index < -0.39 is 0 Å². The van der Waals surface area contributed by atoms with Crippen LogP contribution in [-0.2, 0) is 0 Å². The molecule has 20 heavy (non-hydrogen) atoms. The lowest BCUT2D eigenvalue weighted by Gasteiger charge is -2.13. The third kappa shape index (κ3) is 1.54. The number of hydrogen-bond acceptors (Lipinski definition) is 3. The van der Waals surface area contributed by atoms with Crippen molar-refractivity contribution in [3.63, 3.8) is 0 Å². The van der Waals surface area contributed by atoms with Gasteiger partial charge in [0, 0.05) is 6.54 Å². The number of nitrogens with one attached hydrogen (secondary N) is 1. The summed E-state index contributed by atoms with van der Waals surface area (Å²) >= 11 is 0. The van der Waals surface area contributed by atoms with Crippen molar-refractivity contribution >= 4 is 16.9 Å². The van der Waals surface area contributed by atoms with Gasteiger partial charge in [0.25, 0.3) is 5.56 Å². The number of anilines is 1. The summed E-state index contributed by atoms with van der Waals surface area (Å²) in [6, 6.07) is 17.5. The number of fused-ring (bicyclic) bond motifs is 2. The Kier molecular flexibility index (Phi) is 2.36. The minimum absolute atomic E-state index is 0.0100. The Labute approximate surface area is 115 Å². The first-order valence-corrected chi connectivity index (χ1v) is 6.65. The van der Waals surface area contributed by atoms with E-state index in [1.165, 1.54) is 0 Å². The Bertz CT molecular complexity index is 839. The molecule has 1 aliphatic heterocycles. The highest BCUT2D eigenvalue weighted by atomic mass is 16.1. The van der Waals surface area contributed by atoms with Gasteiger partial charge in [-0.15, -0.1) is 0 Å². The second kappa shape index (κ2) is 4.20.